The van der Waals surface area contributed by atoms with Crippen LogP contribution in [0, 0.1) is 5.41 Å². The van der Waals surface area contributed by atoms with Crippen LogP contribution in [0.25, 0.3) is 0 Å². The summed E-state index contributed by atoms with van der Waals surface area (Å²) >= 11 is 0. The van der Waals surface area contributed by atoms with Crippen LogP contribution < -0.4 is 10.6 Å². The number of nitrogens with zero attached hydrogens (tertiary/aromatic N) is 1. The van der Waals surface area contributed by atoms with Crippen molar-refractivity contribution in [1.29, 1.82) is 0 Å². The minimum absolute atomic E-state index is 0. The maximum Gasteiger partial charge on any atom is 0.191 e. The molecule has 1 heterocycles. The van der Waals surface area contributed by atoms with Gasteiger partial charge < -0.3 is 15.4 Å². The normalized spacial score (nSPS) is 22.6. The van der Waals surface area contributed by atoms with E-state index in [-0.39, 0.29) is 40.7 Å². The molecule has 8 heteroatoms. The van der Waals surface area contributed by atoms with Crippen LogP contribution in [0.2, 0.25) is 0 Å². The van der Waals surface area contributed by atoms with Crippen molar-refractivity contribution >= 4 is 39.8 Å². The third-order valence-corrected chi connectivity index (χ3v) is 4.98. The number of sulfone groups is 1. The van der Waals surface area contributed by atoms with E-state index in [2.05, 4.69) is 36.4 Å². The van der Waals surface area contributed by atoms with Gasteiger partial charge in [0.15, 0.2) is 5.96 Å². The molecule has 0 amide bonds. The Bertz CT molecular complexity index is 486. The van der Waals surface area contributed by atoms with Crippen molar-refractivity contribution in [2.24, 2.45) is 10.4 Å². The fourth-order valence-corrected chi connectivity index (χ4v) is 3.26. The Morgan fingerprint density at radius 3 is 2.48 bits per heavy atom. The number of nitrogens with one attached hydrogen (secondary N) is 2. The minimum Gasteiger partial charge on any atom is -0.373 e. The summed E-state index contributed by atoms with van der Waals surface area (Å²) in [6, 6.07) is 0. The highest BCUT2D eigenvalue weighted by atomic mass is 127. The number of hydrogen-bond donors (Lipinski definition) is 2. The summed E-state index contributed by atoms with van der Waals surface area (Å²) in [4.78, 5) is 4.21. The molecular weight excluding hydrogens is 429 g/mol. The lowest BCUT2D eigenvalue weighted by atomic mass is 9.90. The standard InChI is InChI=1S/C15H31N3O3S.HI/c1-14(2,8-10-22(5,19)20)11-17-13(16-4)18-12-15(3)7-6-9-21-15;/h6-12H2,1-5H3,(H2,16,17,18);1H. The molecule has 0 bridgehead atoms. The molecule has 0 radical (unpaired) electrons. The van der Waals surface area contributed by atoms with Gasteiger partial charge in [0.1, 0.15) is 9.84 Å². The van der Waals surface area contributed by atoms with Gasteiger partial charge in [0.05, 0.1) is 11.4 Å². The van der Waals surface area contributed by atoms with Crippen LogP contribution in [0.3, 0.4) is 0 Å². The Hall–Kier alpha value is -0.0900. The van der Waals surface area contributed by atoms with E-state index in [9.17, 15) is 8.42 Å². The van der Waals surface area contributed by atoms with Gasteiger partial charge in [-0.2, -0.15) is 0 Å². The smallest absolute Gasteiger partial charge is 0.191 e. The summed E-state index contributed by atoms with van der Waals surface area (Å²) in [6.07, 6.45) is 4.05. The SMILES string of the molecule is CN=C(NCC(C)(C)CCS(C)(=O)=O)NCC1(C)CCCO1.I. The van der Waals surface area contributed by atoms with Gasteiger partial charge >= 0.3 is 0 Å². The van der Waals surface area contributed by atoms with Crippen molar-refractivity contribution in [3.05, 3.63) is 0 Å². The molecule has 0 saturated carbocycles. The van der Waals surface area contributed by atoms with Crippen LogP contribution in [0.5, 0.6) is 0 Å². The Labute approximate surface area is 158 Å². The molecule has 1 aliphatic heterocycles. The molecular formula is C15H32IN3O3S. The molecule has 2 N–H and O–H groups in total. The van der Waals surface area contributed by atoms with Crippen LogP contribution in [0.4, 0.5) is 0 Å². The fraction of sp³-hybridized carbons (Fsp3) is 0.933. The molecule has 0 aromatic rings. The first kappa shape index (κ1) is 22.9. The Morgan fingerprint density at radius 1 is 1.35 bits per heavy atom. The van der Waals surface area contributed by atoms with Crippen LogP contribution in [-0.2, 0) is 14.6 Å². The third kappa shape index (κ3) is 9.71. The van der Waals surface area contributed by atoms with Crippen molar-refractivity contribution < 1.29 is 13.2 Å². The lowest BCUT2D eigenvalue weighted by molar-refractivity contribution is 0.0242. The van der Waals surface area contributed by atoms with E-state index >= 15 is 0 Å². The van der Waals surface area contributed by atoms with Gasteiger partial charge in [0.2, 0.25) is 0 Å². The predicted molar refractivity (Wildman–Crippen MR) is 106 cm³/mol. The van der Waals surface area contributed by atoms with E-state index in [0.717, 1.165) is 32.0 Å². The van der Waals surface area contributed by atoms with Crippen LogP contribution in [0.15, 0.2) is 4.99 Å². The first-order valence-electron chi connectivity index (χ1n) is 7.82. The maximum absolute atomic E-state index is 11.3. The van der Waals surface area contributed by atoms with Gasteiger partial charge in [0, 0.05) is 33.0 Å². The lowest BCUT2D eigenvalue weighted by Gasteiger charge is -2.28. The zero-order chi connectivity index (χ0) is 16.9. The van der Waals surface area contributed by atoms with E-state index < -0.39 is 9.84 Å². The average Bonchev–Trinajstić information content (AvgIpc) is 2.83. The zero-order valence-corrected chi connectivity index (χ0v) is 18.1. The molecule has 1 aliphatic rings. The number of guanidine groups is 1. The van der Waals surface area contributed by atoms with Gasteiger partial charge in [-0.1, -0.05) is 13.8 Å². The van der Waals surface area contributed by atoms with E-state index in [1.807, 2.05) is 0 Å². The highest BCUT2D eigenvalue weighted by molar-refractivity contribution is 14.0. The molecule has 0 aliphatic carbocycles. The van der Waals surface area contributed by atoms with Gasteiger partial charge in [-0.05, 0) is 31.6 Å². The number of halogens is 1. The predicted octanol–water partition coefficient (Wildman–Crippen LogP) is 1.80. The quantitative estimate of drug-likeness (QED) is 0.344. The van der Waals surface area contributed by atoms with E-state index in [1.165, 1.54) is 6.26 Å². The molecule has 0 aromatic carbocycles. The largest absolute Gasteiger partial charge is 0.373 e. The number of aliphatic imine (C=N–C) groups is 1. The second kappa shape index (κ2) is 9.41. The molecule has 6 nitrogen and oxygen atoms in total. The second-order valence-corrected chi connectivity index (χ2v) is 9.49. The first-order chi connectivity index (χ1) is 10.1. The summed E-state index contributed by atoms with van der Waals surface area (Å²) in [5, 5.41) is 6.57. The fourth-order valence-electron chi connectivity index (χ4n) is 2.34. The average molecular weight is 461 g/mol. The Balaban J connectivity index is 0.00000484. The summed E-state index contributed by atoms with van der Waals surface area (Å²) in [5.41, 5.74) is -0.238. The van der Waals surface area contributed by atoms with Crippen LogP contribution in [0.1, 0.15) is 40.0 Å². The molecule has 138 valence electrons. The molecule has 1 atom stereocenters. The third-order valence-electron chi connectivity index (χ3n) is 4.04. The van der Waals surface area contributed by atoms with Gasteiger partial charge in [-0.3, -0.25) is 4.99 Å². The van der Waals surface area contributed by atoms with Gasteiger partial charge in [-0.25, -0.2) is 8.42 Å². The van der Waals surface area contributed by atoms with Crippen LogP contribution in [-0.4, -0.2) is 58.7 Å². The molecule has 1 saturated heterocycles. The molecule has 1 unspecified atom stereocenters. The van der Waals surface area contributed by atoms with Crippen molar-refractivity contribution in [3.63, 3.8) is 0 Å². The highest BCUT2D eigenvalue weighted by Crippen LogP contribution is 2.24. The zero-order valence-electron chi connectivity index (χ0n) is 14.9. The van der Waals surface area contributed by atoms with E-state index in [0.29, 0.717) is 13.0 Å². The Kier molecular flexibility index (Phi) is 9.37. The van der Waals surface area contributed by atoms with Crippen molar-refractivity contribution in [1.82, 2.24) is 10.6 Å². The first-order valence-corrected chi connectivity index (χ1v) is 9.88. The number of rotatable bonds is 7. The molecule has 1 fully saturated rings. The van der Waals surface area contributed by atoms with E-state index in [1.54, 1.807) is 7.05 Å². The van der Waals surface area contributed by atoms with Gasteiger partial charge in [-0.15, -0.1) is 24.0 Å². The molecule has 23 heavy (non-hydrogen) atoms. The number of ether oxygens (including phenoxy) is 1. The summed E-state index contributed by atoms with van der Waals surface area (Å²) < 4.78 is 28.3. The molecule has 0 spiro atoms. The Morgan fingerprint density at radius 2 is 2.00 bits per heavy atom. The summed E-state index contributed by atoms with van der Waals surface area (Å²) in [7, 11) is -1.19. The maximum atomic E-state index is 11.3. The molecule has 1 rings (SSSR count). The highest BCUT2D eigenvalue weighted by Gasteiger charge is 2.30. The monoisotopic (exact) mass is 461 g/mol. The van der Waals surface area contributed by atoms with Crippen LogP contribution >= 0.6 is 24.0 Å². The second-order valence-electron chi connectivity index (χ2n) is 7.23. The minimum atomic E-state index is -2.92. The topological polar surface area (TPSA) is 79.8 Å². The van der Waals surface area contributed by atoms with Crippen molar-refractivity contribution in [2.45, 2.75) is 45.6 Å². The molecule has 0 aromatic heterocycles. The summed E-state index contributed by atoms with van der Waals surface area (Å²) in [6.45, 7) is 8.43. The van der Waals surface area contributed by atoms with Crippen molar-refractivity contribution in [2.75, 3.05) is 38.8 Å². The van der Waals surface area contributed by atoms with E-state index in [4.69, 9.17) is 4.74 Å². The summed E-state index contributed by atoms with van der Waals surface area (Å²) in [5.74, 6) is 0.934. The lowest BCUT2D eigenvalue weighted by Crippen LogP contribution is -2.47. The van der Waals surface area contributed by atoms with Gasteiger partial charge in [0.25, 0.3) is 0 Å². The number of hydrogen-bond acceptors (Lipinski definition) is 4. The van der Waals surface area contributed by atoms with Crippen molar-refractivity contribution in [3.8, 4) is 0 Å².